The molecular formula is C10H13N3O2S2. The molecule has 0 saturated carbocycles. The Morgan fingerprint density at radius 1 is 1.53 bits per heavy atom. The normalized spacial score (nSPS) is 12.1. The van der Waals surface area contributed by atoms with Crippen molar-refractivity contribution in [1.29, 1.82) is 0 Å². The molecule has 0 aliphatic rings. The van der Waals surface area contributed by atoms with E-state index in [0.29, 0.717) is 17.0 Å². The number of hydrogen-bond acceptors (Lipinski definition) is 4. The highest BCUT2D eigenvalue weighted by molar-refractivity contribution is 7.90. The molecule has 0 bridgehead atoms. The van der Waals surface area contributed by atoms with E-state index in [-0.39, 0.29) is 5.75 Å². The maximum absolute atomic E-state index is 11.1. The average molecular weight is 271 g/mol. The first-order valence-electron chi connectivity index (χ1n) is 5.10. The maximum atomic E-state index is 11.1. The van der Waals surface area contributed by atoms with Gasteiger partial charge in [0, 0.05) is 19.0 Å². The van der Waals surface area contributed by atoms with Gasteiger partial charge >= 0.3 is 0 Å². The lowest BCUT2D eigenvalue weighted by Crippen LogP contribution is -2.11. The number of fused-ring (bicyclic) bond motifs is 1. The summed E-state index contributed by atoms with van der Waals surface area (Å²) in [6, 6.07) is 1.94. The fraction of sp³-hybridized carbons (Fsp3) is 0.400. The third-order valence-electron chi connectivity index (χ3n) is 2.43. The second-order valence-corrected chi connectivity index (χ2v) is 6.74. The summed E-state index contributed by atoms with van der Waals surface area (Å²) in [5.74, 6) is 0.0593. The van der Waals surface area contributed by atoms with Crippen LogP contribution in [0.5, 0.6) is 0 Å². The molecule has 17 heavy (non-hydrogen) atoms. The molecule has 0 aliphatic heterocycles. The molecule has 92 valence electrons. The van der Waals surface area contributed by atoms with Gasteiger partial charge in [-0.2, -0.15) is 0 Å². The molecule has 0 radical (unpaired) electrons. The van der Waals surface area contributed by atoms with Crippen LogP contribution in [0.25, 0.3) is 11.2 Å². The van der Waals surface area contributed by atoms with Gasteiger partial charge in [-0.25, -0.2) is 13.4 Å². The molecule has 0 atom stereocenters. The molecule has 0 aromatic carbocycles. The molecule has 2 heterocycles. The molecule has 2 aromatic heterocycles. The van der Waals surface area contributed by atoms with Crippen molar-refractivity contribution in [3.63, 3.8) is 0 Å². The third kappa shape index (κ3) is 2.73. The Morgan fingerprint density at radius 2 is 2.24 bits per heavy atom. The van der Waals surface area contributed by atoms with E-state index in [9.17, 15) is 8.42 Å². The predicted octanol–water partition coefficient (Wildman–Crippen LogP) is 1.45. The molecule has 0 spiro atoms. The van der Waals surface area contributed by atoms with Crippen molar-refractivity contribution in [2.24, 2.45) is 0 Å². The highest BCUT2D eigenvalue weighted by Gasteiger charge is 2.08. The average Bonchev–Trinajstić information content (AvgIpc) is 2.48. The molecule has 0 amide bonds. The second-order valence-electron chi connectivity index (χ2n) is 4.10. The Morgan fingerprint density at radius 3 is 2.88 bits per heavy atom. The number of imidazole rings is 1. The van der Waals surface area contributed by atoms with E-state index < -0.39 is 9.84 Å². The molecule has 7 heteroatoms. The number of aromatic nitrogens is 3. The van der Waals surface area contributed by atoms with Crippen molar-refractivity contribution < 1.29 is 8.42 Å². The summed E-state index contributed by atoms with van der Waals surface area (Å²) in [7, 11) is -3.00. The van der Waals surface area contributed by atoms with E-state index in [4.69, 9.17) is 12.2 Å². The van der Waals surface area contributed by atoms with E-state index in [2.05, 4.69) is 9.97 Å². The zero-order valence-electron chi connectivity index (χ0n) is 9.60. The number of nitrogens with one attached hydrogen (secondary N) is 1. The first-order valence-corrected chi connectivity index (χ1v) is 7.56. The number of H-pyrrole nitrogens is 1. The Balaban J connectivity index is 2.47. The van der Waals surface area contributed by atoms with Crippen molar-refractivity contribution >= 4 is 33.2 Å². The van der Waals surface area contributed by atoms with Crippen molar-refractivity contribution in [3.8, 4) is 0 Å². The van der Waals surface area contributed by atoms with Crippen molar-refractivity contribution in [2.45, 2.75) is 13.5 Å². The largest absolute Gasteiger partial charge is 0.329 e. The van der Waals surface area contributed by atoms with E-state index in [1.807, 2.05) is 13.0 Å². The minimum atomic E-state index is -3.00. The number of nitrogens with zero attached hydrogens (tertiary/aromatic N) is 2. The number of pyridine rings is 1. The van der Waals surface area contributed by atoms with Gasteiger partial charge in [0.1, 0.15) is 9.84 Å². The van der Waals surface area contributed by atoms with Gasteiger partial charge in [-0.1, -0.05) is 0 Å². The van der Waals surface area contributed by atoms with Crippen molar-refractivity contribution in [2.75, 3.05) is 12.0 Å². The minimum absolute atomic E-state index is 0.0593. The van der Waals surface area contributed by atoms with Gasteiger partial charge in [-0.3, -0.25) is 0 Å². The molecule has 0 aliphatic carbocycles. The standard InChI is InChI=1S/C10H13N3O2S2/c1-7-5-8-9(11-6-7)13(10(16)12-8)3-4-17(2,14)15/h5-6H,3-4H2,1-2H3,(H,12,16). The van der Waals surface area contributed by atoms with Crippen LogP contribution in [0, 0.1) is 11.7 Å². The first-order chi connectivity index (χ1) is 7.87. The van der Waals surface area contributed by atoms with Gasteiger partial charge in [-0.15, -0.1) is 0 Å². The number of aryl methyl sites for hydroxylation is 2. The van der Waals surface area contributed by atoms with E-state index in [1.165, 1.54) is 6.26 Å². The summed E-state index contributed by atoms with van der Waals surface area (Å²) >= 11 is 5.16. The summed E-state index contributed by atoms with van der Waals surface area (Å²) < 4.78 is 24.5. The summed E-state index contributed by atoms with van der Waals surface area (Å²) in [6.45, 7) is 2.27. The van der Waals surface area contributed by atoms with Crippen LogP contribution in [0.2, 0.25) is 0 Å². The maximum Gasteiger partial charge on any atom is 0.179 e. The van der Waals surface area contributed by atoms with E-state index in [1.54, 1.807) is 10.8 Å². The van der Waals surface area contributed by atoms with Gasteiger partial charge in [0.2, 0.25) is 0 Å². The number of sulfone groups is 1. The highest BCUT2D eigenvalue weighted by atomic mass is 32.2. The summed E-state index contributed by atoms with van der Waals surface area (Å²) in [5, 5.41) is 0. The van der Waals surface area contributed by atoms with Gasteiger partial charge in [0.25, 0.3) is 0 Å². The van der Waals surface area contributed by atoms with Crippen LogP contribution < -0.4 is 0 Å². The number of hydrogen-bond donors (Lipinski definition) is 1. The fourth-order valence-corrected chi connectivity index (χ4v) is 2.41. The van der Waals surface area contributed by atoms with Gasteiger partial charge in [-0.05, 0) is 30.8 Å². The lowest BCUT2D eigenvalue weighted by Gasteiger charge is -2.02. The van der Waals surface area contributed by atoms with Crippen LogP contribution in [0.3, 0.4) is 0 Å². The molecule has 0 unspecified atom stereocenters. The molecule has 5 nitrogen and oxygen atoms in total. The second kappa shape index (κ2) is 4.23. The van der Waals surface area contributed by atoms with Crippen LogP contribution in [0.15, 0.2) is 12.3 Å². The van der Waals surface area contributed by atoms with Crippen LogP contribution in [-0.4, -0.2) is 35.0 Å². The van der Waals surface area contributed by atoms with Gasteiger partial charge in [0.05, 0.1) is 11.3 Å². The summed E-state index contributed by atoms with van der Waals surface area (Å²) in [5.41, 5.74) is 2.57. The topological polar surface area (TPSA) is 67.8 Å². The molecule has 0 saturated heterocycles. The summed E-state index contributed by atoms with van der Waals surface area (Å²) in [6.07, 6.45) is 2.95. The molecule has 1 N–H and O–H groups in total. The zero-order chi connectivity index (χ0) is 12.6. The first kappa shape index (κ1) is 12.3. The Bertz CT molecular complexity index is 713. The molecule has 2 rings (SSSR count). The summed E-state index contributed by atoms with van der Waals surface area (Å²) in [4.78, 5) is 7.30. The van der Waals surface area contributed by atoms with Crippen molar-refractivity contribution in [1.82, 2.24) is 14.5 Å². The number of rotatable bonds is 3. The van der Waals surface area contributed by atoms with Crippen LogP contribution in [0.4, 0.5) is 0 Å². The van der Waals surface area contributed by atoms with Gasteiger partial charge in [0.15, 0.2) is 10.4 Å². The Labute approximate surface area is 104 Å². The Hall–Kier alpha value is -1.21. The zero-order valence-corrected chi connectivity index (χ0v) is 11.2. The van der Waals surface area contributed by atoms with Crippen LogP contribution >= 0.6 is 12.2 Å². The molecular weight excluding hydrogens is 258 g/mol. The lowest BCUT2D eigenvalue weighted by atomic mass is 10.3. The van der Waals surface area contributed by atoms with E-state index in [0.717, 1.165) is 11.1 Å². The third-order valence-corrected chi connectivity index (χ3v) is 3.68. The van der Waals surface area contributed by atoms with Crippen LogP contribution in [0.1, 0.15) is 5.56 Å². The quantitative estimate of drug-likeness (QED) is 0.858. The monoisotopic (exact) mass is 271 g/mol. The van der Waals surface area contributed by atoms with Gasteiger partial charge < -0.3 is 9.55 Å². The fourth-order valence-electron chi connectivity index (χ4n) is 1.61. The lowest BCUT2D eigenvalue weighted by molar-refractivity contribution is 0.595. The number of aromatic amines is 1. The SMILES string of the molecule is Cc1cnc2c(c1)[nH]c(=S)n2CCS(C)(=O)=O. The Kier molecular flexibility index (Phi) is 3.05. The predicted molar refractivity (Wildman–Crippen MR) is 69.4 cm³/mol. The van der Waals surface area contributed by atoms with E-state index >= 15 is 0 Å². The van der Waals surface area contributed by atoms with Crippen LogP contribution in [-0.2, 0) is 16.4 Å². The smallest absolute Gasteiger partial charge is 0.179 e. The minimum Gasteiger partial charge on any atom is -0.329 e. The highest BCUT2D eigenvalue weighted by Crippen LogP contribution is 2.12. The molecule has 2 aromatic rings. The molecule has 0 fully saturated rings. The van der Waals surface area contributed by atoms with Crippen molar-refractivity contribution in [3.05, 3.63) is 22.6 Å².